The van der Waals surface area contributed by atoms with E-state index in [4.69, 9.17) is 0 Å². The third kappa shape index (κ3) is 4.26. The van der Waals surface area contributed by atoms with E-state index in [0.29, 0.717) is 17.5 Å². The number of nitrogens with zero attached hydrogens (tertiary/aromatic N) is 6. The number of rotatable bonds is 3. The zero-order chi connectivity index (χ0) is 19.3. The molecular weight excluding hydrogens is 359 g/mol. The first-order chi connectivity index (χ1) is 13.7. The van der Waals surface area contributed by atoms with Crippen LogP contribution in [0.1, 0.15) is 42.6 Å². The summed E-state index contributed by atoms with van der Waals surface area (Å²) in [5.41, 5.74) is 0.423. The molecule has 0 radical (unpaired) electrons. The van der Waals surface area contributed by atoms with Gasteiger partial charge in [0.25, 0.3) is 5.91 Å². The molecule has 2 saturated heterocycles. The van der Waals surface area contributed by atoms with E-state index in [2.05, 4.69) is 25.1 Å². The zero-order valence-electron chi connectivity index (χ0n) is 15.9. The molecule has 2 aromatic rings. The van der Waals surface area contributed by atoms with Crippen LogP contribution in [0.15, 0.2) is 30.7 Å². The molecule has 0 spiro atoms. The van der Waals surface area contributed by atoms with Crippen molar-refractivity contribution in [2.45, 2.75) is 32.1 Å². The lowest BCUT2D eigenvalue weighted by atomic mass is 9.80. The Morgan fingerprint density at radius 3 is 2.50 bits per heavy atom. The van der Waals surface area contributed by atoms with Crippen LogP contribution >= 0.6 is 0 Å². The number of hydrogen-bond acceptors (Lipinski definition) is 6. The van der Waals surface area contributed by atoms with Crippen molar-refractivity contribution in [3.63, 3.8) is 0 Å². The number of halogens is 1. The van der Waals surface area contributed by atoms with Crippen molar-refractivity contribution in [1.29, 1.82) is 0 Å². The zero-order valence-corrected chi connectivity index (χ0v) is 15.9. The highest BCUT2D eigenvalue weighted by Gasteiger charge is 2.30. The molecular formula is C20H25FN6O. The van der Waals surface area contributed by atoms with Gasteiger partial charge in [-0.05, 0) is 56.1 Å². The van der Waals surface area contributed by atoms with Crippen molar-refractivity contribution in [3.8, 4) is 0 Å². The molecule has 2 aromatic heterocycles. The lowest BCUT2D eigenvalue weighted by Gasteiger charge is -2.35. The van der Waals surface area contributed by atoms with Crippen LogP contribution in [-0.2, 0) is 0 Å². The summed E-state index contributed by atoms with van der Waals surface area (Å²) in [6.45, 7) is 3.41. The van der Waals surface area contributed by atoms with E-state index in [1.54, 1.807) is 18.3 Å². The van der Waals surface area contributed by atoms with Gasteiger partial charge in [-0.2, -0.15) is 9.49 Å². The van der Waals surface area contributed by atoms with Gasteiger partial charge < -0.3 is 9.80 Å². The van der Waals surface area contributed by atoms with E-state index >= 15 is 0 Å². The Bertz CT molecular complexity index is 779. The minimum absolute atomic E-state index is 0.0199. The molecule has 2 fully saturated rings. The molecule has 28 heavy (non-hydrogen) atoms. The second-order valence-corrected chi connectivity index (χ2v) is 7.61. The third-order valence-corrected chi connectivity index (χ3v) is 5.99. The number of carbonyl (C=O) groups excluding carboxylic acids is 1. The summed E-state index contributed by atoms with van der Waals surface area (Å²) in [7, 11) is 0. The first-order valence-corrected chi connectivity index (χ1v) is 10.00. The molecule has 7 nitrogen and oxygen atoms in total. The van der Waals surface area contributed by atoms with Crippen LogP contribution in [-0.4, -0.2) is 57.2 Å². The summed E-state index contributed by atoms with van der Waals surface area (Å²) in [6, 6.07) is 3.47. The summed E-state index contributed by atoms with van der Waals surface area (Å²) in [6.07, 6.45) is 9.74. The van der Waals surface area contributed by atoms with E-state index in [9.17, 15) is 9.18 Å². The number of piperidine rings is 1. The van der Waals surface area contributed by atoms with Crippen LogP contribution in [0.25, 0.3) is 0 Å². The Hall–Kier alpha value is -2.64. The number of amides is 1. The number of aromatic nitrogens is 4. The van der Waals surface area contributed by atoms with Gasteiger partial charge >= 0.3 is 0 Å². The molecule has 2 aliphatic heterocycles. The maximum absolute atomic E-state index is 13.0. The molecule has 0 aliphatic carbocycles. The average molecular weight is 384 g/mol. The highest BCUT2D eigenvalue weighted by Crippen LogP contribution is 2.33. The Morgan fingerprint density at radius 2 is 1.79 bits per heavy atom. The van der Waals surface area contributed by atoms with Crippen molar-refractivity contribution < 1.29 is 9.18 Å². The normalized spacial score (nSPS) is 21.4. The molecule has 8 heteroatoms. The molecule has 0 N–H and O–H groups in total. The summed E-state index contributed by atoms with van der Waals surface area (Å²) >= 11 is 0. The van der Waals surface area contributed by atoms with Gasteiger partial charge in [0.2, 0.25) is 5.95 Å². The third-order valence-electron chi connectivity index (χ3n) is 5.99. The van der Waals surface area contributed by atoms with Crippen LogP contribution in [0.4, 0.5) is 10.2 Å². The highest BCUT2D eigenvalue weighted by atomic mass is 19.1. The molecule has 4 heterocycles. The molecule has 4 rings (SSSR count). The fourth-order valence-corrected chi connectivity index (χ4v) is 4.44. The van der Waals surface area contributed by atoms with Crippen molar-refractivity contribution in [3.05, 3.63) is 42.4 Å². The second kappa shape index (κ2) is 8.58. The molecule has 2 aliphatic rings. The van der Waals surface area contributed by atoms with Gasteiger partial charge in [-0.25, -0.2) is 9.97 Å². The van der Waals surface area contributed by atoms with Gasteiger partial charge in [0.15, 0.2) is 5.69 Å². The van der Waals surface area contributed by atoms with Gasteiger partial charge in [0, 0.05) is 32.4 Å². The summed E-state index contributed by atoms with van der Waals surface area (Å²) in [4.78, 5) is 24.5. The van der Waals surface area contributed by atoms with E-state index < -0.39 is 5.95 Å². The summed E-state index contributed by atoms with van der Waals surface area (Å²) in [5, 5.41) is 7.74. The van der Waals surface area contributed by atoms with Crippen molar-refractivity contribution in [1.82, 2.24) is 25.1 Å². The fourth-order valence-electron chi connectivity index (χ4n) is 4.44. The largest absolute Gasteiger partial charge is 0.355 e. The first kappa shape index (κ1) is 18.7. The SMILES string of the molecule is O=C(c1cccnn1)N1CCC(C2CCCN(c3cnc(F)cn3)CC2)CC1. The van der Waals surface area contributed by atoms with Gasteiger partial charge in [0.05, 0.1) is 12.4 Å². The van der Waals surface area contributed by atoms with E-state index in [0.717, 1.165) is 57.7 Å². The van der Waals surface area contributed by atoms with E-state index in [-0.39, 0.29) is 5.91 Å². The standard InChI is InChI=1S/C20H25FN6O/c21-18-13-23-19(14-22-18)26-9-2-3-15(5-10-26)16-6-11-27(12-7-16)20(28)17-4-1-8-24-25-17/h1,4,8,13-16H,2-3,5-7,9-12H2. The number of hydrogen-bond donors (Lipinski definition) is 0. The minimum Gasteiger partial charge on any atom is -0.355 e. The Balaban J connectivity index is 1.30. The Labute approximate surface area is 164 Å². The number of carbonyl (C=O) groups is 1. The predicted molar refractivity (Wildman–Crippen MR) is 102 cm³/mol. The Kier molecular flexibility index (Phi) is 5.73. The highest BCUT2D eigenvalue weighted by molar-refractivity contribution is 5.92. The van der Waals surface area contributed by atoms with Crippen molar-refractivity contribution in [2.75, 3.05) is 31.1 Å². The predicted octanol–water partition coefficient (Wildman–Crippen LogP) is 2.56. The van der Waals surface area contributed by atoms with Crippen LogP contribution in [0.5, 0.6) is 0 Å². The van der Waals surface area contributed by atoms with Gasteiger partial charge in [-0.1, -0.05) is 0 Å². The van der Waals surface area contributed by atoms with E-state index in [1.807, 2.05) is 4.90 Å². The lowest BCUT2D eigenvalue weighted by Crippen LogP contribution is -2.40. The van der Waals surface area contributed by atoms with Gasteiger partial charge in [-0.3, -0.25) is 4.79 Å². The monoisotopic (exact) mass is 384 g/mol. The second-order valence-electron chi connectivity index (χ2n) is 7.61. The number of likely N-dealkylation sites (tertiary alicyclic amines) is 1. The smallest absolute Gasteiger partial charge is 0.274 e. The molecule has 0 aromatic carbocycles. The average Bonchev–Trinajstić information content (AvgIpc) is 3.01. The fraction of sp³-hybridized carbons (Fsp3) is 0.550. The lowest BCUT2D eigenvalue weighted by molar-refractivity contribution is 0.0644. The first-order valence-electron chi connectivity index (χ1n) is 10.00. The minimum atomic E-state index is -0.542. The van der Waals surface area contributed by atoms with Crippen LogP contribution in [0.2, 0.25) is 0 Å². The molecule has 148 valence electrons. The quantitative estimate of drug-likeness (QED) is 0.810. The van der Waals surface area contributed by atoms with Crippen LogP contribution < -0.4 is 4.90 Å². The van der Waals surface area contributed by atoms with Crippen LogP contribution in [0, 0.1) is 17.8 Å². The maximum Gasteiger partial charge on any atom is 0.274 e. The molecule has 0 bridgehead atoms. The topological polar surface area (TPSA) is 75.1 Å². The summed E-state index contributed by atoms with van der Waals surface area (Å²) < 4.78 is 13.0. The van der Waals surface area contributed by atoms with Crippen LogP contribution in [0.3, 0.4) is 0 Å². The number of anilines is 1. The van der Waals surface area contributed by atoms with Crippen molar-refractivity contribution >= 4 is 11.7 Å². The molecule has 1 atom stereocenters. The van der Waals surface area contributed by atoms with E-state index in [1.165, 1.54) is 18.8 Å². The van der Waals surface area contributed by atoms with Gasteiger partial charge in [-0.15, -0.1) is 5.10 Å². The van der Waals surface area contributed by atoms with Crippen molar-refractivity contribution in [2.24, 2.45) is 11.8 Å². The molecule has 1 unspecified atom stereocenters. The Morgan fingerprint density at radius 1 is 1.00 bits per heavy atom. The maximum atomic E-state index is 13.0. The summed E-state index contributed by atoms with van der Waals surface area (Å²) in [5.74, 6) is 1.50. The van der Waals surface area contributed by atoms with Gasteiger partial charge in [0.1, 0.15) is 5.82 Å². The molecule has 0 saturated carbocycles. The molecule has 1 amide bonds.